The Morgan fingerprint density at radius 2 is 1.80 bits per heavy atom. The second kappa shape index (κ2) is 8.13. The summed E-state index contributed by atoms with van der Waals surface area (Å²) in [6, 6.07) is 9.98. The lowest BCUT2D eigenvalue weighted by Gasteiger charge is -2.12. The highest BCUT2D eigenvalue weighted by molar-refractivity contribution is 7.89. The molecule has 0 bridgehead atoms. The molecule has 3 aromatic rings. The third kappa shape index (κ3) is 4.66. The molecule has 1 amide bonds. The van der Waals surface area contributed by atoms with Crippen LogP contribution < -0.4 is 5.32 Å². The first-order valence-electron chi connectivity index (χ1n) is 8.34. The monoisotopic (exact) mass is 456 g/mol. The van der Waals surface area contributed by atoms with E-state index in [1.807, 2.05) is 0 Å². The van der Waals surface area contributed by atoms with Crippen LogP contribution in [0, 0.1) is 0 Å². The molecule has 30 heavy (non-hydrogen) atoms. The molecule has 0 aliphatic carbocycles. The minimum atomic E-state index is -4.50. The van der Waals surface area contributed by atoms with Crippen LogP contribution in [0.1, 0.15) is 15.9 Å². The number of anilines is 1. The SMILES string of the molecule is CN(C)S(=O)(=O)c1cccc(C(=O)Nc2nc(-c3cccc(C(F)(F)F)c3)ns2)c1. The molecule has 7 nitrogen and oxygen atoms in total. The number of carbonyl (C=O) groups excluding carboxylic acids is 1. The maximum atomic E-state index is 12.9. The Kier molecular flexibility index (Phi) is 5.92. The van der Waals surface area contributed by atoms with E-state index in [2.05, 4.69) is 14.7 Å². The molecule has 0 unspecified atom stereocenters. The average Bonchev–Trinajstić information content (AvgIpc) is 3.16. The largest absolute Gasteiger partial charge is 0.416 e. The molecule has 0 saturated carbocycles. The molecule has 12 heteroatoms. The number of nitrogens with zero attached hydrogens (tertiary/aromatic N) is 3. The maximum absolute atomic E-state index is 12.9. The van der Waals surface area contributed by atoms with E-state index in [9.17, 15) is 26.4 Å². The average molecular weight is 456 g/mol. The van der Waals surface area contributed by atoms with Crippen LogP contribution in [-0.2, 0) is 16.2 Å². The lowest BCUT2D eigenvalue weighted by Crippen LogP contribution is -2.22. The second-order valence-corrected chi connectivity index (χ2v) is 9.17. The predicted octanol–water partition coefficient (Wildman–Crippen LogP) is 3.73. The Hall–Kier alpha value is -2.83. The number of nitrogens with one attached hydrogen (secondary N) is 1. The highest BCUT2D eigenvalue weighted by atomic mass is 32.2. The zero-order chi connectivity index (χ0) is 22.1. The zero-order valence-electron chi connectivity index (χ0n) is 15.6. The quantitative estimate of drug-likeness (QED) is 0.632. The summed E-state index contributed by atoms with van der Waals surface area (Å²) in [4.78, 5) is 16.5. The topological polar surface area (TPSA) is 92.3 Å². The molecule has 0 aliphatic rings. The summed E-state index contributed by atoms with van der Waals surface area (Å²) in [7, 11) is -0.971. The van der Waals surface area contributed by atoms with Crippen molar-refractivity contribution in [2.24, 2.45) is 0 Å². The zero-order valence-corrected chi connectivity index (χ0v) is 17.3. The van der Waals surface area contributed by atoms with Crippen LogP contribution in [0.15, 0.2) is 53.4 Å². The number of carbonyl (C=O) groups is 1. The molecule has 0 fully saturated rings. The Bertz CT molecular complexity index is 1190. The fourth-order valence-corrected chi connectivity index (χ4v) is 3.94. The summed E-state index contributed by atoms with van der Waals surface area (Å²) < 4.78 is 68.1. The van der Waals surface area contributed by atoms with E-state index in [1.165, 1.54) is 50.5 Å². The van der Waals surface area contributed by atoms with Gasteiger partial charge in [-0.2, -0.15) is 22.5 Å². The van der Waals surface area contributed by atoms with Gasteiger partial charge in [0.2, 0.25) is 15.2 Å². The number of halogens is 3. The van der Waals surface area contributed by atoms with Crippen molar-refractivity contribution in [3.05, 3.63) is 59.7 Å². The molecular weight excluding hydrogens is 441 g/mol. The first-order chi connectivity index (χ1) is 14.0. The fourth-order valence-electron chi connectivity index (χ4n) is 2.40. The first-order valence-corrected chi connectivity index (χ1v) is 10.5. The lowest BCUT2D eigenvalue weighted by atomic mass is 10.1. The summed E-state index contributed by atoms with van der Waals surface area (Å²) in [5, 5.41) is 2.54. The Morgan fingerprint density at radius 3 is 2.47 bits per heavy atom. The maximum Gasteiger partial charge on any atom is 0.416 e. The number of hydrogen-bond acceptors (Lipinski definition) is 6. The summed E-state index contributed by atoms with van der Waals surface area (Å²) in [5.74, 6) is -0.595. The summed E-state index contributed by atoms with van der Waals surface area (Å²) in [6.07, 6.45) is -4.50. The van der Waals surface area contributed by atoms with E-state index in [1.54, 1.807) is 0 Å². The van der Waals surface area contributed by atoms with Gasteiger partial charge in [-0.15, -0.1) is 0 Å². The van der Waals surface area contributed by atoms with Crippen LogP contribution in [0.2, 0.25) is 0 Å². The van der Waals surface area contributed by atoms with Gasteiger partial charge in [-0.25, -0.2) is 12.7 Å². The number of hydrogen-bond donors (Lipinski definition) is 1. The molecule has 1 aromatic heterocycles. The van der Waals surface area contributed by atoms with Gasteiger partial charge >= 0.3 is 6.18 Å². The third-order valence-electron chi connectivity index (χ3n) is 3.97. The van der Waals surface area contributed by atoms with Gasteiger partial charge < -0.3 is 0 Å². The molecule has 1 N–H and O–H groups in total. The van der Waals surface area contributed by atoms with Crippen molar-refractivity contribution in [3.63, 3.8) is 0 Å². The number of alkyl halides is 3. The Labute approximate surface area is 174 Å². The summed E-state index contributed by atoms with van der Waals surface area (Å²) in [6.45, 7) is 0. The van der Waals surface area contributed by atoms with Gasteiger partial charge in [-0.05, 0) is 30.3 Å². The van der Waals surface area contributed by atoms with Crippen LogP contribution in [0.25, 0.3) is 11.4 Å². The Balaban J connectivity index is 1.81. The summed E-state index contributed by atoms with van der Waals surface area (Å²) in [5.41, 5.74) is -0.603. The van der Waals surface area contributed by atoms with Gasteiger partial charge in [0, 0.05) is 36.8 Å². The van der Waals surface area contributed by atoms with Crippen molar-refractivity contribution < 1.29 is 26.4 Å². The van der Waals surface area contributed by atoms with Gasteiger partial charge in [0.15, 0.2) is 5.82 Å². The number of aromatic nitrogens is 2. The molecule has 1 heterocycles. The number of benzene rings is 2. The van der Waals surface area contributed by atoms with Gasteiger partial charge in [0.1, 0.15) is 0 Å². The first kappa shape index (κ1) is 21.9. The fraction of sp³-hybridized carbons (Fsp3) is 0.167. The van der Waals surface area contributed by atoms with Gasteiger partial charge in [0.25, 0.3) is 5.91 Å². The number of amides is 1. The van der Waals surface area contributed by atoms with Crippen molar-refractivity contribution in [2.45, 2.75) is 11.1 Å². The van der Waals surface area contributed by atoms with E-state index in [4.69, 9.17) is 0 Å². The third-order valence-corrected chi connectivity index (χ3v) is 6.41. The molecule has 3 rings (SSSR count). The minimum Gasteiger partial charge on any atom is -0.297 e. The van der Waals surface area contributed by atoms with Crippen molar-refractivity contribution >= 4 is 32.6 Å². The number of sulfonamides is 1. The van der Waals surface area contributed by atoms with E-state index < -0.39 is 27.7 Å². The Morgan fingerprint density at radius 1 is 1.10 bits per heavy atom. The molecule has 0 atom stereocenters. The van der Waals surface area contributed by atoms with Crippen molar-refractivity contribution in [3.8, 4) is 11.4 Å². The molecule has 0 saturated heterocycles. The van der Waals surface area contributed by atoms with Crippen LogP contribution >= 0.6 is 11.5 Å². The molecule has 2 aromatic carbocycles. The highest BCUT2D eigenvalue weighted by Gasteiger charge is 2.30. The van der Waals surface area contributed by atoms with Crippen molar-refractivity contribution in [1.29, 1.82) is 0 Å². The minimum absolute atomic E-state index is 0.0327. The molecule has 0 aliphatic heterocycles. The van der Waals surface area contributed by atoms with Crippen LogP contribution in [-0.4, -0.2) is 42.1 Å². The molecule has 0 spiro atoms. The lowest BCUT2D eigenvalue weighted by molar-refractivity contribution is -0.137. The summed E-state index contributed by atoms with van der Waals surface area (Å²) >= 11 is 0.795. The van der Waals surface area contributed by atoms with E-state index in [-0.39, 0.29) is 27.0 Å². The molecule has 158 valence electrons. The van der Waals surface area contributed by atoms with E-state index in [0.29, 0.717) is 0 Å². The van der Waals surface area contributed by atoms with Crippen LogP contribution in [0.4, 0.5) is 18.3 Å². The number of rotatable bonds is 5. The normalized spacial score (nSPS) is 12.2. The smallest absolute Gasteiger partial charge is 0.297 e. The van der Waals surface area contributed by atoms with Gasteiger partial charge in [-0.1, -0.05) is 18.2 Å². The standard InChI is InChI=1S/C18H15F3N4O3S2/c1-25(2)30(27,28)14-8-4-6-12(10-14)16(26)23-17-22-15(24-29-17)11-5-3-7-13(9-11)18(19,20)21/h3-10H,1-2H3,(H,22,23,24,26). The van der Waals surface area contributed by atoms with Crippen molar-refractivity contribution in [2.75, 3.05) is 19.4 Å². The molecular formula is C18H15F3N4O3S2. The van der Waals surface area contributed by atoms with Crippen LogP contribution in [0.3, 0.4) is 0 Å². The predicted molar refractivity (Wildman–Crippen MR) is 106 cm³/mol. The van der Waals surface area contributed by atoms with Crippen LogP contribution in [0.5, 0.6) is 0 Å². The van der Waals surface area contributed by atoms with E-state index in [0.717, 1.165) is 28.0 Å². The second-order valence-electron chi connectivity index (χ2n) is 6.27. The highest BCUT2D eigenvalue weighted by Crippen LogP contribution is 2.32. The van der Waals surface area contributed by atoms with E-state index >= 15 is 0 Å². The van der Waals surface area contributed by atoms with Crippen molar-refractivity contribution in [1.82, 2.24) is 13.7 Å². The van der Waals surface area contributed by atoms with Gasteiger partial charge in [0.05, 0.1) is 10.5 Å². The molecule has 0 radical (unpaired) electrons. The van der Waals surface area contributed by atoms with Gasteiger partial charge in [-0.3, -0.25) is 10.1 Å².